The lowest BCUT2D eigenvalue weighted by Gasteiger charge is -2.20. The topological polar surface area (TPSA) is 68.0 Å². The number of nitrogens with one attached hydrogen (secondary N) is 1. The predicted octanol–water partition coefficient (Wildman–Crippen LogP) is 7.39. The van der Waals surface area contributed by atoms with Gasteiger partial charge in [0.1, 0.15) is 0 Å². The van der Waals surface area contributed by atoms with Crippen LogP contribution in [0.25, 0.3) is 22.0 Å². The minimum atomic E-state index is -0.418. The second-order valence-corrected chi connectivity index (χ2v) is 10.3. The Morgan fingerprint density at radius 1 is 1.03 bits per heavy atom. The van der Waals surface area contributed by atoms with Crippen LogP contribution in [0.5, 0.6) is 0 Å². The van der Waals surface area contributed by atoms with Crippen LogP contribution in [-0.4, -0.2) is 10.8 Å². The zero-order chi connectivity index (χ0) is 24.0. The Kier molecular flexibility index (Phi) is 5.67. The third kappa shape index (κ3) is 4.56. The van der Waals surface area contributed by atoms with Crippen molar-refractivity contribution in [3.05, 3.63) is 88.6 Å². The number of nitrogens with two attached hydrogens (primary N) is 1. The number of aryl methyl sites for hydroxylation is 1. The van der Waals surface area contributed by atoms with Crippen molar-refractivity contribution >= 4 is 39.7 Å². The normalized spacial score (nSPS) is 13.8. The number of anilines is 2. The maximum atomic E-state index is 13.2. The molecule has 0 saturated heterocycles. The molecule has 0 atom stereocenters. The highest BCUT2D eigenvalue weighted by molar-refractivity contribution is 6.31. The van der Waals surface area contributed by atoms with Crippen molar-refractivity contribution in [2.24, 2.45) is 11.7 Å². The zero-order valence-electron chi connectivity index (χ0n) is 19.7. The molecule has 3 aromatic carbocycles. The van der Waals surface area contributed by atoms with Crippen LogP contribution in [0, 0.1) is 12.8 Å². The monoisotopic (exact) mass is 469 g/mol. The molecule has 172 valence electrons. The van der Waals surface area contributed by atoms with Crippen molar-refractivity contribution in [2.45, 2.75) is 39.2 Å². The van der Waals surface area contributed by atoms with Gasteiger partial charge in [-0.15, -0.1) is 0 Å². The average Bonchev–Trinajstić information content (AvgIpc) is 3.63. The number of Topliss-reactive ketones (excluding diaryl/α,β-unsaturated/α-hetero) is 1. The van der Waals surface area contributed by atoms with E-state index in [1.54, 1.807) is 6.20 Å². The Labute approximate surface area is 205 Å². The summed E-state index contributed by atoms with van der Waals surface area (Å²) < 4.78 is 0. The van der Waals surface area contributed by atoms with Crippen LogP contribution in [0.15, 0.2) is 66.9 Å². The molecule has 0 bridgehead atoms. The number of hydrogen-bond donors (Lipinski definition) is 2. The molecule has 5 heteroatoms. The van der Waals surface area contributed by atoms with Gasteiger partial charge in [0.2, 0.25) is 0 Å². The second kappa shape index (κ2) is 8.53. The highest BCUT2D eigenvalue weighted by Crippen LogP contribution is 2.39. The van der Waals surface area contributed by atoms with E-state index in [4.69, 9.17) is 17.3 Å². The maximum Gasteiger partial charge on any atom is 0.169 e. The molecule has 1 aromatic heterocycles. The molecule has 0 unspecified atom stereocenters. The Morgan fingerprint density at radius 3 is 2.41 bits per heavy atom. The van der Waals surface area contributed by atoms with Crippen molar-refractivity contribution in [3.8, 4) is 11.1 Å². The molecule has 0 aliphatic heterocycles. The van der Waals surface area contributed by atoms with E-state index in [1.165, 1.54) is 0 Å². The number of benzene rings is 3. The molecule has 1 aliphatic carbocycles. The molecule has 4 nitrogen and oxygen atoms in total. The molecule has 1 aliphatic rings. The van der Waals surface area contributed by atoms with Gasteiger partial charge in [0.25, 0.3) is 0 Å². The van der Waals surface area contributed by atoms with Crippen molar-refractivity contribution < 1.29 is 4.79 Å². The van der Waals surface area contributed by atoms with E-state index in [0.29, 0.717) is 10.6 Å². The molecule has 1 saturated carbocycles. The van der Waals surface area contributed by atoms with Gasteiger partial charge in [-0.05, 0) is 92.3 Å². The van der Waals surface area contributed by atoms with Gasteiger partial charge in [-0.3, -0.25) is 9.78 Å². The minimum Gasteiger partial charge on any atom is -0.354 e. The van der Waals surface area contributed by atoms with Gasteiger partial charge >= 0.3 is 0 Å². The number of nitrogens with zero attached hydrogens (tertiary/aromatic N) is 1. The molecule has 1 fully saturated rings. The van der Waals surface area contributed by atoms with E-state index in [1.807, 2.05) is 69.3 Å². The molecule has 34 heavy (non-hydrogen) atoms. The van der Waals surface area contributed by atoms with E-state index in [9.17, 15) is 4.79 Å². The summed E-state index contributed by atoms with van der Waals surface area (Å²) in [7, 11) is 0. The van der Waals surface area contributed by atoms with Gasteiger partial charge in [0.05, 0.1) is 16.8 Å². The van der Waals surface area contributed by atoms with E-state index in [-0.39, 0.29) is 11.7 Å². The van der Waals surface area contributed by atoms with Crippen molar-refractivity contribution in [1.29, 1.82) is 0 Å². The third-order valence-electron chi connectivity index (χ3n) is 6.36. The predicted molar refractivity (Wildman–Crippen MR) is 141 cm³/mol. The summed E-state index contributed by atoms with van der Waals surface area (Å²) in [5, 5.41) is 5.14. The summed E-state index contributed by atoms with van der Waals surface area (Å²) in [6.45, 7) is 6.00. The fourth-order valence-corrected chi connectivity index (χ4v) is 4.58. The number of carbonyl (C=O) groups excluding carboxylic acids is 1. The molecular weight excluding hydrogens is 442 g/mol. The summed E-state index contributed by atoms with van der Waals surface area (Å²) in [4.78, 5) is 17.8. The largest absolute Gasteiger partial charge is 0.354 e. The van der Waals surface area contributed by atoms with Crippen LogP contribution in [0.2, 0.25) is 5.02 Å². The first-order valence-corrected chi connectivity index (χ1v) is 12.0. The summed E-state index contributed by atoms with van der Waals surface area (Å²) in [6, 6.07) is 20.2. The number of carbonyl (C=O) groups is 1. The van der Waals surface area contributed by atoms with Crippen molar-refractivity contribution in [1.82, 2.24) is 4.98 Å². The van der Waals surface area contributed by atoms with E-state index in [0.717, 1.165) is 57.4 Å². The average molecular weight is 470 g/mol. The molecule has 0 amide bonds. The summed E-state index contributed by atoms with van der Waals surface area (Å²) in [5.74, 6) is 0.250. The highest BCUT2D eigenvalue weighted by atomic mass is 35.5. The Morgan fingerprint density at radius 2 is 1.76 bits per heavy atom. The Bertz CT molecular complexity index is 1380. The first-order chi connectivity index (χ1) is 16.2. The van der Waals surface area contributed by atoms with Gasteiger partial charge in [0.15, 0.2) is 5.78 Å². The van der Waals surface area contributed by atoms with E-state index in [2.05, 4.69) is 22.4 Å². The smallest absolute Gasteiger partial charge is 0.169 e. The first kappa shape index (κ1) is 22.6. The number of hydrogen-bond acceptors (Lipinski definition) is 4. The van der Waals surface area contributed by atoms with E-state index < -0.39 is 5.54 Å². The number of halogens is 1. The highest BCUT2D eigenvalue weighted by Gasteiger charge is 2.32. The lowest BCUT2D eigenvalue weighted by atomic mass is 9.95. The first-order valence-electron chi connectivity index (χ1n) is 11.6. The Hall–Kier alpha value is -3.21. The number of aromatic nitrogens is 1. The molecule has 0 radical (unpaired) electrons. The maximum absolute atomic E-state index is 13.2. The SMILES string of the molecule is Cc1cc(Cl)cc(-c2ccc3ncc(C(=O)C4CC4)c(Nc4ccc(C(C)(C)N)cc4)c3c2)c1. The summed E-state index contributed by atoms with van der Waals surface area (Å²) in [6.07, 6.45) is 3.60. The van der Waals surface area contributed by atoms with Crippen LogP contribution in [-0.2, 0) is 5.54 Å². The van der Waals surface area contributed by atoms with Gasteiger partial charge in [0, 0.05) is 33.7 Å². The van der Waals surface area contributed by atoms with Gasteiger partial charge in [-0.2, -0.15) is 0 Å². The zero-order valence-corrected chi connectivity index (χ0v) is 20.4. The molecule has 0 spiro atoms. The quantitative estimate of drug-likeness (QED) is 0.289. The number of rotatable bonds is 6. The van der Waals surface area contributed by atoms with E-state index >= 15 is 0 Å². The molecule has 3 N–H and O–H groups in total. The van der Waals surface area contributed by atoms with Crippen LogP contribution >= 0.6 is 11.6 Å². The second-order valence-electron chi connectivity index (χ2n) is 9.86. The van der Waals surface area contributed by atoms with Gasteiger partial charge < -0.3 is 11.1 Å². The van der Waals surface area contributed by atoms with Crippen LogP contribution < -0.4 is 11.1 Å². The summed E-state index contributed by atoms with van der Waals surface area (Å²) >= 11 is 6.33. The number of fused-ring (bicyclic) bond motifs is 1. The number of pyridine rings is 1. The minimum absolute atomic E-state index is 0.0963. The fourth-order valence-electron chi connectivity index (χ4n) is 4.29. The fraction of sp³-hybridized carbons (Fsp3) is 0.241. The molecule has 1 heterocycles. The molecule has 5 rings (SSSR count). The van der Waals surface area contributed by atoms with Crippen LogP contribution in [0.3, 0.4) is 0 Å². The van der Waals surface area contributed by atoms with Gasteiger partial charge in [-0.1, -0.05) is 35.9 Å². The van der Waals surface area contributed by atoms with Gasteiger partial charge in [-0.25, -0.2) is 0 Å². The van der Waals surface area contributed by atoms with Crippen molar-refractivity contribution in [3.63, 3.8) is 0 Å². The lowest BCUT2D eigenvalue weighted by Crippen LogP contribution is -2.28. The van der Waals surface area contributed by atoms with Crippen LogP contribution in [0.1, 0.15) is 48.2 Å². The molecular formula is C29H28ClN3O. The molecule has 4 aromatic rings. The lowest BCUT2D eigenvalue weighted by molar-refractivity contribution is 0.0968. The summed E-state index contributed by atoms with van der Waals surface area (Å²) in [5.41, 5.74) is 13.2. The Balaban J connectivity index is 1.64. The van der Waals surface area contributed by atoms with Crippen molar-refractivity contribution in [2.75, 3.05) is 5.32 Å². The standard InChI is InChI=1S/C29H28ClN3O/c1-17-12-20(14-22(30)13-17)19-6-11-26-24(15-19)27(25(16-32-26)28(34)18-4-5-18)33-23-9-7-21(8-10-23)29(2,3)31/h6-16,18H,4-5,31H2,1-3H3,(H,32,33). The third-order valence-corrected chi connectivity index (χ3v) is 6.57. The number of ketones is 1. The van der Waals surface area contributed by atoms with Crippen LogP contribution in [0.4, 0.5) is 11.4 Å².